The van der Waals surface area contributed by atoms with Crippen molar-refractivity contribution in [3.63, 3.8) is 0 Å². The summed E-state index contributed by atoms with van der Waals surface area (Å²) in [6, 6.07) is 3.38. The van der Waals surface area contributed by atoms with Gasteiger partial charge in [0, 0.05) is 13.1 Å². The third-order valence-electron chi connectivity index (χ3n) is 2.17. The Morgan fingerprint density at radius 1 is 1.38 bits per heavy atom. The standard InChI is InChI=1S/C10H10F2N4/c1-16-10(14-6-15-16)5-13-9-3-2-7(11)4-8(9)12/h2-4,6,13H,5H2,1H3. The van der Waals surface area contributed by atoms with Crippen LogP contribution in [0.25, 0.3) is 0 Å². The summed E-state index contributed by atoms with van der Waals surface area (Å²) in [5.41, 5.74) is 0.240. The fourth-order valence-corrected chi connectivity index (χ4v) is 1.29. The Balaban J connectivity index is 2.08. The Hall–Kier alpha value is -1.98. The number of rotatable bonds is 3. The maximum Gasteiger partial charge on any atom is 0.149 e. The van der Waals surface area contributed by atoms with E-state index in [0.717, 1.165) is 6.07 Å². The van der Waals surface area contributed by atoms with Crippen LogP contribution in [0.1, 0.15) is 5.82 Å². The molecule has 1 heterocycles. The molecule has 0 aliphatic rings. The molecule has 0 radical (unpaired) electrons. The van der Waals surface area contributed by atoms with Gasteiger partial charge in [-0.1, -0.05) is 0 Å². The van der Waals surface area contributed by atoms with Gasteiger partial charge in [-0.3, -0.25) is 4.68 Å². The van der Waals surface area contributed by atoms with E-state index in [4.69, 9.17) is 0 Å². The molecule has 0 saturated carbocycles. The fourth-order valence-electron chi connectivity index (χ4n) is 1.29. The van der Waals surface area contributed by atoms with Crippen LogP contribution < -0.4 is 5.32 Å². The third kappa shape index (κ3) is 2.16. The molecule has 16 heavy (non-hydrogen) atoms. The van der Waals surface area contributed by atoms with E-state index in [1.165, 1.54) is 18.5 Å². The van der Waals surface area contributed by atoms with Crippen molar-refractivity contribution < 1.29 is 8.78 Å². The smallest absolute Gasteiger partial charge is 0.149 e. The lowest BCUT2D eigenvalue weighted by atomic mass is 10.3. The van der Waals surface area contributed by atoms with E-state index in [9.17, 15) is 8.78 Å². The van der Waals surface area contributed by atoms with Crippen molar-refractivity contribution in [2.24, 2.45) is 7.05 Å². The van der Waals surface area contributed by atoms with Crippen molar-refractivity contribution in [2.45, 2.75) is 6.54 Å². The van der Waals surface area contributed by atoms with E-state index in [2.05, 4.69) is 15.4 Å². The van der Waals surface area contributed by atoms with Gasteiger partial charge < -0.3 is 5.32 Å². The van der Waals surface area contributed by atoms with E-state index in [1.54, 1.807) is 11.7 Å². The molecule has 1 aromatic heterocycles. The second kappa shape index (κ2) is 4.26. The lowest BCUT2D eigenvalue weighted by Crippen LogP contribution is -2.07. The minimum Gasteiger partial charge on any atom is -0.375 e. The Kier molecular flexibility index (Phi) is 2.80. The molecule has 0 spiro atoms. The number of nitrogens with zero attached hydrogens (tertiary/aromatic N) is 3. The van der Waals surface area contributed by atoms with Crippen molar-refractivity contribution in [3.8, 4) is 0 Å². The zero-order valence-corrected chi connectivity index (χ0v) is 8.61. The molecule has 2 aromatic rings. The van der Waals surface area contributed by atoms with Gasteiger partial charge in [-0.25, -0.2) is 13.8 Å². The first kappa shape index (κ1) is 10.5. The minimum absolute atomic E-state index is 0.240. The summed E-state index contributed by atoms with van der Waals surface area (Å²) in [4.78, 5) is 3.97. The van der Waals surface area contributed by atoms with Gasteiger partial charge in [0.2, 0.25) is 0 Å². The zero-order chi connectivity index (χ0) is 11.5. The van der Waals surface area contributed by atoms with Gasteiger partial charge in [0.1, 0.15) is 23.8 Å². The lowest BCUT2D eigenvalue weighted by molar-refractivity contribution is 0.584. The molecule has 0 aliphatic carbocycles. The molecular weight excluding hydrogens is 214 g/mol. The number of benzene rings is 1. The SMILES string of the molecule is Cn1ncnc1CNc1ccc(F)cc1F. The van der Waals surface area contributed by atoms with Gasteiger partial charge in [0.15, 0.2) is 0 Å². The number of halogens is 2. The Bertz CT molecular complexity index is 495. The van der Waals surface area contributed by atoms with Gasteiger partial charge in [0.25, 0.3) is 0 Å². The summed E-state index contributed by atoms with van der Waals surface area (Å²) in [5.74, 6) is -0.549. The van der Waals surface area contributed by atoms with Crippen LogP contribution in [0, 0.1) is 11.6 Å². The normalized spacial score (nSPS) is 10.4. The van der Waals surface area contributed by atoms with Crippen molar-refractivity contribution in [2.75, 3.05) is 5.32 Å². The molecule has 1 N–H and O–H groups in total. The first-order chi connectivity index (χ1) is 7.66. The van der Waals surface area contributed by atoms with Crippen molar-refractivity contribution in [3.05, 3.63) is 42.0 Å². The van der Waals surface area contributed by atoms with E-state index in [1.807, 2.05) is 0 Å². The van der Waals surface area contributed by atoms with E-state index in [0.29, 0.717) is 12.4 Å². The molecule has 0 bridgehead atoms. The fraction of sp³-hybridized carbons (Fsp3) is 0.200. The van der Waals surface area contributed by atoms with Crippen LogP contribution in [0.3, 0.4) is 0 Å². The van der Waals surface area contributed by atoms with Crippen LogP contribution in [-0.2, 0) is 13.6 Å². The highest BCUT2D eigenvalue weighted by molar-refractivity contribution is 5.44. The highest BCUT2D eigenvalue weighted by atomic mass is 19.1. The number of nitrogens with one attached hydrogen (secondary N) is 1. The molecule has 84 valence electrons. The molecule has 0 saturated heterocycles. The van der Waals surface area contributed by atoms with Crippen molar-refractivity contribution >= 4 is 5.69 Å². The number of aromatic nitrogens is 3. The first-order valence-electron chi connectivity index (χ1n) is 4.68. The van der Waals surface area contributed by atoms with E-state index in [-0.39, 0.29) is 5.69 Å². The number of hydrogen-bond acceptors (Lipinski definition) is 3. The maximum absolute atomic E-state index is 13.2. The molecule has 0 aliphatic heterocycles. The summed E-state index contributed by atoms with van der Waals surface area (Å²) >= 11 is 0. The van der Waals surface area contributed by atoms with Crippen LogP contribution in [0.4, 0.5) is 14.5 Å². The summed E-state index contributed by atoms with van der Waals surface area (Å²) in [7, 11) is 1.74. The van der Waals surface area contributed by atoms with Gasteiger partial charge in [-0.15, -0.1) is 0 Å². The topological polar surface area (TPSA) is 42.7 Å². The molecule has 0 atom stereocenters. The highest BCUT2D eigenvalue weighted by Gasteiger charge is 2.05. The molecule has 0 amide bonds. The highest BCUT2D eigenvalue weighted by Crippen LogP contribution is 2.15. The molecule has 0 unspecified atom stereocenters. The second-order valence-corrected chi connectivity index (χ2v) is 3.28. The molecule has 1 aromatic carbocycles. The van der Waals surface area contributed by atoms with E-state index >= 15 is 0 Å². The van der Waals surface area contributed by atoms with Crippen LogP contribution >= 0.6 is 0 Å². The predicted molar refractivity (Wildman–Crippen MR) is 54.7 cm³/mol. The zero-order valence-electron chi connectivity index (χ0n) is 8.61. The predicted octanol–water partition coefficient (Wildman–Crippen LogP) is 1.71. The van der Waals surface area contributed by atoms with Crippen LogP contribution in [0.2, 0.25) is 0 Å². The van der Waals surface area contributed by atoms with Gasteiger partial charge >= 0.3 is 0 Å². The minimum atomic E-state index is -0.623. The molecule has 4 nitrogen and oxygen atoms in total. The Labute approximate surface area is 90.9 Å². The van der Waals surface area contributed by atoms with Crippen molar-refractivity contribution in [1.29, 1.82) is 0 Å². The summed E-state index contributed by atoms with van der Waals surface area (Å²) < 4.78 is 27.4. The average molecular weight is 224 g/mol. The largest absolute Gasteiger partial charge is 0.375 e. The maximum atomic E-state index is 13.2. The van der Waals surface area contributed by atoms with Gasteiger partial charge in [0.05, 0.1) is 12.2 Å². The van der Waals surface area contributed by atoms with E-state index < -0.39 is 11.6 Å². The lowest BCUT2D eigenvalue weighted by Gasteiger charge is -2.06. The monoisotopic (exact) mass is 224 g/mol. The van der Waals surface area contributed by atoms with Crippen LogP contribution in [-0.4, -0.2) is 14.8 Å². The molecule has 6 heteroatoms. The molecule has 2 rings (SSSR count). The summed E-state index contributed by atoms with van der Waals surface area (Å²) in [6.07, 6.45) is 1.41. The van der Waals surface area contributed by atoms with Gasteiger partial charge in [-0.2, -0.15) is 5.10 Å². The summed E-state index contributed by atoms with van der Waals surface area (Å²) in [5, 5.41) is 6.70. The first-order valence-corrected chi connectivity index (χ1v) is 4.68. The third-order valence-corrected chi connectivity index (χ3v) is 2.17. The number of anilines is 1. The average Bonchev–Trinajstić information content (AvgIpc) is 2.63. The summed E-state index contributed by atoms with van der Waals surface area (Å²) in [6.45, 7) is 0.332. The van der Waals surface area contributed by atoms with Crippen LogP contribution in [0.5, 0.6) is 0 Å². The number of hydrogen-bond donors (Lipinski definition) is 1. The quantitative estimate of drug-likeness (QED) is 0.863. The Morgan fingerprint density at radius 3 is 2.81 bits per heavy atom. The van der Waals surface area contributed by atoms with Gasteiger partial charge in [-0.05, 0) is 12.1 Å². The second-order valence-electron chi connectivity index (χ2n) is 3.28. The van der Waals surface area contributed by atoms with Crippen molar-refractivity contribution in [1.82, 2.24) is 14.8 Å². The van der Waals surface area contributed by atoms with Crippen LogP contribution in [0.15, 0.2) is 24.5 Å². The molecule has 0 fully saturated rings. The number of aryl methyl sites for hydroxylation is 1. The Morgan fingerprint density at radius 2 is 2.19 bits per heavy atom. The molecular formula is C10H10F2N4.